The molecule has 4 aliphatic carbocycles. The van der Waals surface area contributed by atoms with E-state index >= 15 is 0 Å². The molecule has 27 heavy (non-hydrogen) atoms. The summed E-state index contributed by atoms with van der Waals surface area (Å²) in [6, 6.07) is 0. The fraction of sp³-hybridized carbons (Fsp3) is 1.00. The molecule has 5 rings (SSSR count). The molecule has 3 heteroatoms. The third-order valence-corrected chi connectivity index (χ3v) is 10.0. The third-order valence-electron chi connectivity index (χ3n) is 10.0. The number of aliphatic hydroxyl groups excluding tert-OH is 1. The minimum absolute atomic E-state index is 0.0476. The van der Waals surface area contributed by atoms with E-state index in [2.05, 4.69) is 13.8 Å². The Labute approximate surface area is 165 Å². The predicted octanol–water partition coefficient (Wildman–Crippen LogP) is 5.30. The van der Waals surface area contributed by atoms with Crippen LogP contribution in [0, 0.1) is 34.5 Å². The van der Waals surface area contributed by atoms with Crippen LogP contribution in [0.3, 0.4) is 0 Å². The van der Waals surface area contributed by atoms with Crippen LogP contribution in [-0.4, -0.2) is 30.2 Å². The van der Waals surface area contributed by atoms with Gasteiger partial charge in [0.25, 0.3) is 0 Å². The largest absolute Gasteiger partial charge is 0.393 e. The number of rotatable bonds is 2. The first-order valence-electron chi connectivity index (χ1n) is 12.0. The molecule has 0 spiro atoms. The lowest BCUT2D eigenvalue weighted by molar-refractivity contribution is -0.212. The van der Waals surface area contributed by atoms with E-state index in [4.69, 9.17) is 9.47 Å². The molecular weight excluding hydrogens is 336 g/mol. The molecule has 1 N–H and O–H groups in total. The smallest absolute Gasteiger partial charge is 0.157 e. The van der Waals surface area contributed by atoms with Gasteiger partial charge in [-0.05, 0) is 112 Å². The van der Waals surface area contributed by atoms with Crippen molar-refractivity contribution in [3.8, 4) is 0 Å². The van der Waals surface area contributed by atoms with E-state index in [1.165, 1.54) is 64.2 Å². The van der Waals surface area contributed by atoms with Crippen molar-refractivity contribution in [1.82, 2.24) is 0 Å². The lowest BCUT2D eigenvalue weighted by atomic mass is 9.45. The summed E-state index contributed by atoms with van der Waals surface area (Å²) >= 11 is 0. The van der Waals surface area contributed by atoms with Crippen molar-refractivity contribution in [2.75, 3.05) is 6.61 Å². The summed E-state index contributed by atoms with van der Waals surface area (Å²) in [4.78, 5) is 0. The predicted molar refractivity (Wildman–Crippen MR) is 106 cm³/mol. The summed E-state index contributed by atoms with van der Waals surface area (Å²) in [7, 11) is 0. The summed E-state index contributed by atoms with van der Waals surface area (Å²) in [5.41, 5.74) is 0.716. The Morgan fingerprint density at radius 1 is 0.852 bits per heavy atom. The molecule has 0 aromatic carbocycles. The van der Waals surface area contributed by atoms with Gasteiger partial charge in [-0.25, -0.2) is 0 Å². The van der Waals surface area contributed by atoms with Crippen LogP contribution in [-0.2, 0) is 9.47 Å². The molecule has 5 fully saturated rings. The Kier molecular flexibility index (Phi) is 4.89. The molecule has 9 atom stereocenters. The van der Waals surface area contributed by atoms with Crippen LogP contribution >= 0.6 is 0 Å². The molecule has 154 valence electrons. The highest BCUT2D eigenvalue weighted by molar-refractivity contribution is 5.09. The van der Waals surface area contributed by atoms with Crippen LogP contribution in [0.25, 0.3) is 0 Å². The van der Waals surface area contributed by atoms with Gasteiger partial charge in [0, 0.05) is 6.61 Å². The van der Waals surface area contributed by atoms with E-state index < -0.39 is 0 Å². The quantitative estimate of drug-likeness (QED) is 0.665. The second-order valence-corrected chi connectivity index (χ2v) is 11.1. The van der Waals surface area contributed by atoms with Crippen molar-refractivity contribution in [2.45, 2.75) is 109 Å². The molecule has 3 nitrogen and oxygen atoms in total. The Bertz CT molecular complexity index is 544. The van der Waals surface area contributed by atoms with E-state index in [0.29, 0.717) is 11.5 Å². The highest BCUT2D eigenvalue weighted by Crippen LogP contribution is 2.66. The molecule has 0 unspecified atom stereocenters. The van der Waals surface area contributed by atoms with Crippen LogP contribution in [0.15, 0.2) is 0 Å². The molecule has 0 aromatic rings. The molecule has 1 saturated heterocycles. The lowest BCUT2D eigenvalue weighted by Gasteiger charge is -2.61. The van der Waals surface area contributed by atoms with E-state index in [1.54, 1.807) is 0 Å². The van der Waals surface area contributed by atoms with Gasteiger partial charge in [-0.3, -0.25) is 0 Å². The first kappa shape index (κ1) is 18.9. The zero-order valence-corrected chi connectivity index (χ0v) is 17.5. The molecule has 0 radical (unpaired) electrons. The van der Waals surface area contributed by atoms with Gasteiger partial charge in [0.2, 0.25) is 0 Å². The normalized spacial score (nSPS) is 55.4. The van der Waals surface area contributed by atoms with Crippen molar-refractivity contribution in [3.63, 3.8) is 0 Å². The standard InChI is InChI=1S/C24H40O3/c1-23-12-10-17(27-22-5-3-4-14-26-22)15-16(23)6-7-18-19-8-9-21(25)24(19,2)13-11-20(18)23/h16-22,25H,3-15H2,1-2H3/t16-,17-,18-,19-,20-,21-,22+,23-,24-/m0/s1. The molecule has 1 aliphatic heterocycles. The maximum atomic E-state index is 10.6. The summed E-state index contributed by atoms with van der Waals surface area (Å²) in [5, 5.41) is 10.6. The van der Waals surface area contributed by atoms with Gasteiger partial charge in [-0.1, -0.05) is 13.8 Å². The average Bonchev–Trinajstić information content (AvgIpc) is 2.98. The highest BCUT2D eigenvalue weighted by atomic mass is 16.7. The summed E-state index contributed by atoms with van der Waals surface area (Å²) < 4.78 is 12.3. The third kappa shape index (κ3) is 3.02. The van der Waals surface area contributed by atoms with Gasteiger partial charge in [0.05, 0.1) is 12.2 Å². The molecule has 0 amide bonds. The number of hydrogen-bond acceptors (Lipinski definition) is 3. The maximum Gasteiger partial charge on any atom is 0.157 e. The van der Waals surface area contributed by atoms with Crippen LogP contribution in [0.2, 0.25) is 0 Å². The van der Waals surface area contributed by atoms with Gasteiger partial charge >= 0.3 is 0 Å². The first-order chi connectivity index (χ1) is 13.0. The topological polar surface area (TPSA) is 38.7 Å². The van der Waals surface area contributed by atoms with Gasteiger partial charge in [0.15, 0.2) is 6.29 Å². The van der Waals surface area contributed by atoms with Gasteiger partial charge in [-0.15, -0.1) is 0 Å². The van der Waals surface area contributed by atoms with Crippen LogP contribution in [0.4, 0.5) is 0 Å². The van der Waals surface area contributed by atoms with Crippen LogP contribution < -0.4 is 0 Å². The average molecular weight is 377 g/mol. The van der Waals surface area contributed by atoms with Gasteiger partial charge in [-0.2, -0.15) is 0 Å². The first-order valence-corrected chi connectivity index (χ1v) is 12.0. The Morgan fingerprint density at radius 3 is 2.48 bits per heavy atom. The van der Waals surface area contributed by atoms with Gasteiger partial charge in [0.1, 0.15) is 0 Å². The molecule has 0 bridgehead atoms. The second-order valence-electron chi connectivity index (χ2n) is 11.1. The summed E-state index contributed by atoms with van der Waals surface area (Å²) in [6.45, 7) is 5.90. The maximum absolute atomic E-state index is 10.6. The molecular formula is C24H40O3. The lowest BCUT2D eigenvalue weighted by Crippen LogP contribution is -2.54. The summed E-state index contributed by atoms with van der Waals surface area (Å²) in [6.07, 6.45) is 15.5. The van der Waals surface area contributed by atoms with Crippen LogP contribution in [0.1, 0.15) is 90.9 Å². The minimum Gasteiger partial charge on any atom is -0.393 e. The minimum atomic E-state index is -0.0476. The molecule has 5 aliphatic rings. The van der Waals surface area contributed by atoms with E-state index in [1.807, 2.05) is 0 Å². The Balaban J connectivity index is 1.27. The van der Waals surface area contributed by atoms with E-state index in [-0.39, 0.29) is 17.8 Å². The second kappa shape index (κ2) is 6.99. The number of ether oxygens (including phenoxy) is 2. The molecule has 1 heterocycles. The van der Waals surface area contributed by atoms with Crippen molar-refractivity contribution < 1.29 is 14.6 Å². The fourth-order valence-corrected chi connectivity index (χ4v) is 8.35. The number of aliphatic hydroxyl groups is 1. The van der Waals surface area contributed by atoms with Gasteiger partial charge < -0.3 is 14.6 Å². The summed E-state index contributed by atoms with van der Waals surface area (Å²) in [5.74, 6) is 3.35. The van der Waals surface area contributed by atoms with Crippen molar-refractivity contribution in [1.29, 1.82) is 0 Å². The van der Waals surface area contributed by atoms with Crippen LogP contribution in [0.5, 0.6) is 0 Å². The Hall–Kier alpha value is -0.120. The highest BCUT2D eigenvalue weighted by Gasteiger charge is 2.60. The van der Waals surface area contributed by atoms with Crippen molar-refractivity contribution in [3.05, 3.63) is 0 Å². The SMILES string of the molecule is C[C@]12CC[C@H](O[C@@H]3CCCCO3)C[C@@H]1CC[C@@H]1[C@@H]2CC[C@]2(C)[C@@H](O)CC[C@@H]12. The van der Waals surface area contributed by atoms with E-state index in [0.717, 1.165) is 43.1 Å². The molecule has 4 saturated carbocycles. The zero-order chi connectivity index (χ0) is 18.6. The van der Waals surface area contributed by atoms with E-state index in [9.17, 15) is 5.11 Å². The molecule has 0 aromatic heterocycles. The Morgan fingerprint density at radius 2 is 1.67 bits per heavy atom. The number of hydrogen-bond donors (Lipinski definition) is 1. The number of fused-ring (bicyclic) bond motifs is 5. The van der Waals surface area contributed by atoms with Crippen molar-refractivity contribution in [2.24, 2.45) is 34.5 Å². The monoisotopic (exact) mass is 376 g/mol. The fourth-order valence-electron chi connectivity index (χ4n) is 8.35. The van der Waals surface area contributed by atoms with Crippen molar-refractivity contribution >= 4 is 0 Å². The zero-order valence-electron chi connectivity index (χ0n) is 17.5.